The Bertz CT molecular complexity index is 2360. The minimum atomic E-state index is 0.336. The fourth-order valence-electron chi connectivity index (χ4n) is 8.02. The molecule has 5 aromatic rings. The Hall–Kier alpha value is -4.64. The van der Waals surface area contributed by atoms with E-state index in [9.17, 15) is 0 Å². The lowest BCUT2D eigenvalue weighted by atomic mass is 9.78. The second-order valence-electron chi connectivity index (χ2n) is 12.2. The van der Waals surface area contributed by atoms with Gasteiger partial charge in [0, 0.05) is 22.6 Å². The monoisotopic (exact) mass is 606 g/mol. The molecule has 2 atom stereocenters. The van der Waals surface area contributed by atoms with Crippen LogP contribution < -0.4 is 20.2 Å². The van der Waals surface area contributed by atoms with E-state index < -0.39 is 0 Å². The molecule has 2 unspecified atom stereocenters. The molecule has 0 amide bonds. The maximum atomic E-state index is 7.12. The van der Waals surface area contributed by atoms with Gasteiger partial charge in [-0.05, 0) is 69.1 Å². The largest absolute Gasteiger partial charge is 0.451 e. The van der Waals surface area contributed by atoms with Gasteiger partial charge in [0.25, 0.3) is 0 Å². The minimum absolute atomic E-state index is 0.336. The van der Waals surface area contributed by atoms with Gasteiger partial charge in [0.05, 0.1) is 0 Å². The van der Waals surface area contributed by atoms with Gasteiger partial charge >= 0.3 is 0 Å². The second kappa shape index (κ2) is 8.09. The van der Waals surface area contributed by atoms with Crippen LogP contribution in [0.3, 0.4) is 0 Å². The van der Waals surface area contributed by atoms with Crippen molar-refractivity contribution in [3.8, 4) is 23.0 Å². The molecule has 0 N–H and O–H groups in total. The molecule has 2 heterocycles. The highest BCUT2D eigenvalue weighted by molar-refractivity contribution is 6.35. The summed E-state index contributed by atoms with van der Waals surface area (Å²) < 4.78 is 13.1. The van der Waals surface area contributed by atoms with Crippen LogP contribution in [0, 0.1) is 0 Å². The Kier molecular flexibility index (Phi) is 4.37. The van der Waals surface area contributed by atoms with Crippen LogP contribution in [-0.4, -0.2) is 0 Å². The summed E-state index contributed by atoms with van der Waals surface area (Å²) >= 11 is 14.2. The van der Waals surface area contributed by atoms with Crippen molar-refractivity contribution in [1.29, 1.82) is 0 Å². The zero-order valence-corrected chi connectivity index (χ0v) is 24.6. The first kappa shape index (κ1) is 23.8. The maximum absolute atomic E-state index is 7.12. The fraction of sp³-hybridized carbons (Fsp3) is 0.105. The van der Waals surface area contributed by atoms with Crippen LogP contribution in [0.4, 0.5) is 11.4 Å². The Morgan fingerprint density at radius 1 is 0.591 bits per heavy atom. The van der Waals surface area contributed by atoms with Gasteiger partial charge in [0.1, 0.15) is 32.1 Å². The first-order chi connectivity index (χ1) is 21.6. The van der Waals surface area contributed by atoms with E-state index in [2.05, 4.69) is 85.0 Å². The Labute approximate surface area is 261 Å². The van der Waals surface area contributed by atoms with Crippen molar-refractivity contribution < 1.29 is 9.47 Å². The van der Waals surface area contributed by atoms with Crippen LogP contribution in [0.25, 0.3) is 45.8 Å². The van der Waals surface area contributed by atoms with Crippen molar-refractivity contribution in [3.05, 3.63) is 115 Å². The van der Waals surface area contributed by atoms with Crippen molar-refractivity contribution in [3.63, 3.8) is 0 Å². The van der Waals surface area contributed by atoms with Crippen molar-refractivity contribution in [1.82, 2.24) is 0 Å². The Balaban J connectivity index is 1.17. The molecule has 4 nitrogen and oxygen atoms in total. The van der Waals surface area contributed by atoms with E-state index in [-0.39, 0.29) is 0 Å². The highest BCUT2D eigenvalue weighted by Gasteiger charge is 2.32. The van der Waals surface area contributed by atoms with E-state index in [1.165, 1.54) is 33.0 Å². The number of fused-ring (bicyclic) bond motifs is 6. The topological polar surface area (TPSA) is 43.2 Å². The highest BCUT2D eigenvalue weighted by atomic mass is 35.5. The lowest BCUT2D eigenvalue weighted by Crippen LogP contribution is -2.22. The average Bonchev–Trinajstić information content (AvgIpc) is 3.06. The molecule has 0 bridgehead atoms. The molecule has 44 heavy (non-hydrogen) atoms. The Morgan fingerprint density at radius 2 is 1.07 bits per heavy atom. The SMILES string of the molecule is Clc1c2c(c(Cl)c3c1=Nc1c(cc4c5c6c(ccc15)C=CCC6C=C4)O3)=Nc1c(cc3c4c5c(ccc14)C=CCC5C=C3)O2. The van der Waals surface area contributed by atoms with Gasteiger partial charge in [0.15, 0.2) is 23.0 Å². The molecular formula is C38H20Cl2N2O2. The van der Waals surface area contributed by atoms with Gasteiger partial charge in [-0.3, -0.25) is 0 Å². The summed E-state index contributed by atoms with van der Waals surface area (Å²) in [6.07, 6.45) is 19.9. The van der Waals surface area contributed by atoms with Crippen LogP contribution in [0.2, 0.25) is 10.0 Å². The predicted octanol–water partition coefficient (Wildman–Crippen LogP) is 10.5. The molecular weight excluding hydrogens is 587 g/mol. The first-order valence-corrected chi connectivity index (χ1v) is 15.7. The normalized spacial score (nSPS) is 19.8. The van der Waals surface area contributed by atoms with E-state index in [4.69, 9.17) is 42.7 Å². The van der Waals surface area contributed by atoms with Crippen LogP contribution in [0.1, 0.15) is 58.1 Å². The summed E-state index contributed by atoms with van der Waals surface area (Å²) in [5.74, 6) is 2.83. The van der Waals surface area contributed by atoms with Crippen molar-refractivity contribution in [2.24, 2.45) is 9.98 Å². The zero-order chi connectivity index (χ0) is 28.8. The molecule has 11 rings (SSSR count). The molecule has 6 heteroatoms. The first-order valence-electron chi connectivity index (χ1n) is 14.9. The molecule has 0 radical (unpaired) electrons. The van der Waals surface area contributed by atoms with Crippen molar-refractivity contribution >= 4 is 80.4 Å². The zero-order valence-electron chi connectivity index (χ0n) is 23.1. The standard InChI is InChI=1S/C38H20Cl2N2O2/c39-31-35-37(43-25-15-21-9-7-17-3-1-5-19-11-13-23(33(25)41-35)29(21)27(17)19)32(40)36-38(31)44-26-16-22-10-8-18-4-2-6-20-12-14-24(34(26)42-36)30(22)28(18)20/h1-2,5-18H,3-4H2. The molecule has 0 fully saturated rings. The molecule has 6 aliphatic rings. The van der Waals surface area contributed by atoms with Gasteiger partial charge < -0.3 is 9.47 Å². The van der Waals surface area contributed by atoms with Gasteiger partial charge in [0.2, 0.25) is 0 Å². The lowest BCUT2D eigenvalue weighted by molar-refractivity contribution is 0.452. The van der Waals surface area contributed by atoms with E-state index in [1.807, 2.05) is 0 Å². The molecule has 0 spiro atoms. The number of hydrogen-bond acceptors (Lipinski definition) is 4. The van der Waals surface area contributed by atoms with Crippen molar-refractivity contribution in [2.45, 2.75) is 24.7 Å². The molecule has 0 aromatic heterocycles. The van der Waals surface area contributed by atoms with E-state index in [0.717, 1.165) is 46.1 Å². The Morgan fingerprint density at radius 3 is 1.55 bits per heavy atom. The molecule has 0 saturated carbocycles. The van der Waals surface area contributed by atoms with Crippen LogP contribution >= 0.6 is 23.2 Å². The number of rotatable bonds is 0. The number of ether oxygens (including phenoxy) is 2. The van der Waals surface area contributed by atoms with Crippen LogP contribution in [-0.2, 0) is 0 Å². The highest BCUT2D eigenvalue weighted by Crippen LogP contribution is 2.52. The molecule has 5 aromatic carbocycles. The summed E-state index contributed by atoms with van der Waals surface area (Å²) in [5.41, 5.74) is 8.98. The van der Waals surface area contributed by atoms with E-state index in [0.29, 0.717) is 55.6 Å². The number of hydrogen-bond donors (Lipinski definition) is 0. The summed E-state index contributed by atoms with van der Waals surface area (Å²) in [4.78, 5) is 10.2. The molecule has 208 valence electrons. The summed E-state index contributed by atoms with van der Waals surface area (Å²) in [6.45, 7) is 0. The van der Waals surface area contributed by atoms with Gasteiger partial charge in [-0.25, -0.2) is 9.98 Å². The third-order valence-electron chi connectivity index (χ3n) is 9.93. The van der Waals surface area contributed by atoms with Crippen molar-refractivity contribution in [2.75, 3.05) is 0 Å². The van der Waals surface area contributed by atoms with Gasteiger partial charge in [-0.15, -0.1) is 0 Å². The number of nitrogens with zero attached hydrogens (tertiary/aromatic N) is 2. The molecule has 0 saturated heterocycles. The summed E-state index contributed by atoms with van der Waals surface area (Å²) in [7, 11) is 0. The number of benzene rings is 5. The van der Waals surface area contributed by atoms with Crippen LogP contribution in [0.5, 0.6) is 23.0 Å². The summed E-state index contributed by atoms with van der Waals surface area (Å²) in [6, 6.07) is 12.8. The third kappa shape index (κ3) is 2.86. The smallest absolute Gasteiger partial charge is 0.175 e. The van der Waals surface area contributed by atoms with Gasteiger partial charge in [-0.1, -0.05) is 96.1 Å². The van der Waals surface area contributed by atoms with Crippen LogP contribution in [0.15, 0.2) is 70.7 Å². The molecule has 2 aliphatic heterocycles. The fourth-order valence-corrected chi connectivity index (χ4v) is 8.53. The number of halogens is 2. The predicted molar refractivity (Wildman–Crippen MR) is 177 cm³/mol. The van der Waals surface area contributed by atoms with E-state index in [1.54, 1.807) is 0 Å². The summed E-state index contributed by atoms with van der Waals surface area (Å²) in [5, 5.41) is 6.13. The maximum Gasteiger partial charge on any atom is 0.175 e. The average molecular weight is 607 g/mol. The minimum Gasteiger partial charge on any atom is -0.451 e. The molecule has 4 aliphatic carbocycles. The quantitative estimate of drug-likeness (QED) is 0.172. The number of allylic oxidation sites excluding steroid dienone is 4. The van der Waals surface area contributed by atoms with Gasteiger partial charge in [-0.2, -0.15) is 0 Å². The third-order valence-corrected chi connectivity index (χ3v) is 10.6. The second-order valence-corrected chi connectivity index (χ2v) is 13.0. The van der Waals surface area contributed by atoms with E-state index >= 15 is 0 Å². The lowest BCUT2D eigenvalue weighted by Gasteiger charge is -2.28.